The molecule has 0 heterocycles. The molecule has 0 aliphatic carbocycles. The van der Waals surface area contributed by atoms with Crippen LogP contribution in [0.25, 0.3) is 0 Å². The molecule has 0 N–H and O–H groups in total. The summed E-state index contributed by atoms with van der Waals surface area (Å²) in [7, 11) is 4.46. The fourth-order valence-corrected chi connectivity index (χ4v) is 2.50. The number of hydrogen-bond donors (Lipinski definition) is 0. The summed E-state index contributed by atoms with van der Waals surface area (Å²) in [5.74, 6) is 0.611. The van der Waals surface area contributed by atoms with E-state index in [-0.39, 0.29) is 17.9 Å². The van der Waals surface area contributed by atoms with E-state index in [4.69, 9.17) is 18.9 Å². The molecule has 0 radical (unpaired) electrons. The molecule has 0 saturated heterocycles. The molecular weight excluding hydrogens is 364 g/mol. The largest absolute Gasteiger partial charge is 0.493 e. The minimum absolute atomic E-state index is 0.151. The summed E-state index contributed by atoms with van der Waals surface area (Å²) in [6.07, 6.45) is 0. The number of benzene rings is 2. The first-order valence-electron chi connectivity index (χ1n) is 6.81. The van der Waals surface area contributed by atoms with Gasteiger partial charge in [0.05, 0.1) is 21.3 Å². The van der Waals surface area contributed by atoms with Crippen LogP contribution in [0.4, 0.5) is 0 Å². The number of methoxy groups -OCH3 is 3. The second-order valence-corrected chi connectivity index (χ2v) is 5.40. The van der Waals surface area contributed by atoms with Crippen LogP contribution < -0.4 is 14.2 Å². The van der Waals surface area contributed by atoms with Gasteiger partial charge in [0.15, 0.2) is 11.5 Å². The molecular formula is C17H17BrO5. The number of rotatable bonds is 6. The van der Waals surface area contributed by atoms with Gasteiger partial charge in [-0.3, -0.25) is 0 Å². The molecule has 6 heteroatoms. The zero-order chi connectivity index (χ0) is 16.8. The Labute approximate surface area is 143 Å². The molecule has 0 atom stereocenters. The van der Waals surface area contributed by atoms with Gasteiger partial charge in [0.1, 0.15) is 12.2 Å². The summed E-state index contributed by atoms with van der Waals surface area (Å²) in [6.45, 7) is 0.151. The van der Waals surface area contributed by atoms with Crippen molar-refractivity contribution in [3.63, 3.8) is 0 Å². The van der Waals surface area contributed by atoms with Crippen molar-refractivity contribution in [3.05, 3.63) is 52.0 Å². The maximum atomic E-state index is 12.4. The first-order valence-corrected chi connectivity index (χ1v) is 7.61. The molecule has 0 fully saturated rings. The molecule has 0 spiro atoms. The molecule has 2 aromatic carbocycles. The fourth-order valence-electron chi connectivity index (χ4n) is 2.10. The quantitative estimate of drug-likeness (QED) is 0.712. The highest BCUT2D eigenvalue weighted by Gasteiger charge is 2.21. The van der Waals surface area contributed by atoms with Crippen LogP contribution in [0.3, 0.4) is 0 Å². The topological polar surface area (TPSA) is 54.0 Å². The molecule has 23 heavy (non-hydrogen) atoms. The van der Waals surface area contributed by atoms with Crippen molar-refractivity contribution in [2.24, 2.45) is 0 Å². The fraction of sp³-hybridized carbons (Fsp3) is 0.235. The Morgan fingerprint density at radius 1 is 0.957 bits per heavy atom. The Morgan fingerprint density at radius 2 is 1.65 bits per heavy atom. The summed E-state index contributed by atoms with van der Waals surface area (Å²) in [6, 6.07) is 10.8. The summed E-state index contributed by atoms with van der Waals surface area (Å²) in [4.78, 5) is 12.4. The highest BCUT2D eigenvalue weighted by Crippen LogP contribution is 2.40. The Balaban J connectivity index is 2.24. The minimum Gasteiger partial charge on any atom is -0.493 e. The molecule has 0 aromatic heterocycles. The van der Waals surface area contributed by atoms with Gasteiger partial charge < -0.3 is 18.9 Å². The Hall–Kier alpha value is -2.21. The van der Waals surface area contributed by atoms with Crippen molar-refractivity contribution in [3.8, 4) is 17.2 Å². The lowest BCUT2D eigenvalue weighted by Gasteiger charge is -2.15. The van der Waals surface area contributed by atoms with Crippen LogP contribution in [0.15, 0.2) is 40.9 Å². The van der Waals surface area contributed by atoms with Crippen LogP contribution in [0, 0.1) is 0 Å². The number of carbonyl (C=O) groups excluding carboxylic acids is 1. The molecule has 0 aliphatic heterocycles. The van der Waals surface area contributed by atoms with E-state index in [1.54, 1.807) is 12.1 Å². The van der Waals surface area contributed by atoms with Gasteiger partial charge in [0.25, 0.3) is 0 Å². The van der Waals surface area contributed by atoms with E-state index in [1.807, 2.05) is 24.3 Å². The third-order valence-corrected chi connectivity index (χ3v) is 4.01. The van der Waals surface area contributed by atoms with Crippen molar-refractivity contribution in [1.82, 2.24) is 0 Å². The number of hydrogen-bond acceptors (Lipinski definition) is 5. The van der Waals surface area contributed by atoms with E-state index in [2.05, 4.69) is 15.9 Å². The standard InChI is InChI=1S/C17H17BrO5/c1-20-14-9-8-12(15(21-2)16(14)22-3)17(19)23-10-11-6-4-5-7-13(11)18/h4-9H,10H2,1-3H3. The van der Waals surface area contributed by atoms with Gasteiger partial charge in [-0.1, -0.05) is 34.1 Å². The molecule has 0 aliphatic rings. The van der Waals surface area contributed by atoms with E-state index in [0.717, 1.165) is 10.0 Å². The highest BCUT2D eigenvalue weighted by molar-refractivity contribution is 9.10. The minimum atomic E-state index is -0.501. The first kappa shape index (κ1) is 17.1. The predicted octanol–water partition coefficient (Wildman–Crippen LogP) is 3.83. The lowest BCUT2D eigenvalue weighted by atomic mass is 10.1. The van der Waals surface area contributed by atoms with Crippen LogP contribution in [0.2, 0.25) is 0 Å². The maximum Gasteiger partial charge on any atom is 0.342 e. The van der Waals surface area contributed by atoms with E-state index in [1.165, 1.54) is 21.3 Å². The molecule has 0 saturated carbocycles. The molecule has 5 nitrogen and oxygen atoms in total. The van der Waals surface area contributed by atoms with Crippen molar-refractivity contribution < 1.29 is 23.7 Å². The van der Waals surface area contributed by atoms with Gasteiger partial charge >= 0.3 is 5.97 Å². The average Bonchev–Trinajstić information content (AvgIpc) is 2.59. The smallest absolute Gasteiger partial charge is 0.342 e. The van der Waals surface area contributed by atoms with Gasteiger partial charge in [-0.25, -0.2) is 4.79 Å². The molecule has 0 amide bonds. The lowest BCUT2D eigenvalue weighted by molar-refractivity contribution is 0.0467. The monoisotopic (exact) mass is 380 g/mol. The van der Waals surface area contributed by atoms with Crippen LogP contribution in [-0.4, -0.2) is 27.3 Å². The van der Waals surface area contributed by atoms with Crippen molar-refractivity contribution in [2.75, 3.05) is 21.3 Å². The van der Waals surface area contributed by atoms with E-state index in [0.29, 0.717) is 11.5 Å². The average molecular weight is 381 g/mol. The molecule has 2 rings (SSSR count). The normalized spacial score (nSPS) is 10.1. The van der Waals surface area contributed by atoms with Gasteiger partial charge in [-0.15, -0.1) is 0 Å². The van der Waals surface area contributed by atoms with Gasteiger partial charge in [-0.05, 0) is 18.2 Å². The highest BCUT2D eigenvalue weighted by atomic mass is 79.9. The molecule has 0 unspecified atom stereocenters. The predicted molar refractivity (Wildman–Crippen MR) is 89.4 cm³/mol. The second-order valence-electron chi connectivity index (χ2n) is 4.55. The number of halogens is 1. The van der Waals surface area contributed by atoms with E-state index >= 15 is 0 Å². The van der Waals surface area contributed by atoms with Gasteiger partial charge in [-0.2, -0.15) is 0 Å². The van der Waals surface area contributed by atoms with E-state index in [9.17, 15) is 4.79 Å². The summed E-state index contributed by atoms with van der Waals surface area (Å²) < 4.78 is 22.0. The summed E-state index contributed by atoms with van der Waals surface area (Å²) >= 11 is 3.42. The molecule has 2 aromatic rings. The lowest BCUT2D eigenvalue weighted by Crippen LogP contribution is -2.09. The van der Waals surface area contributed by atoms with Crippen LogP contribution in [0.5, 0.6) is 17.2 Å². The zero-order valence-electron chi connectivity index (χ0n) is 13.1. The zero-order valence-corrected chi connectivity index (χ0v) is 14.7. The summed E-state index contributed by atoms with van der Waals surface area (Å²) in [5, 5.41) is 0. The van der Waals surface area contributed by atoms with Gasteiger partial charge in [0.2, 0.25) is 5.75 Å². The first-order chi connectivity index (χ1) is 11.1. The molecule has 0 bridgehead atoms. The van der Waals surface area contributed by atoms with Crippen LogP contribution in [0.1, 0.15) is 15.9 Å². The number of esters is 1. The Morgan fingerprint density at radius 3 is 2.26 bits per heavy atom. The Bertz CT molecular complexity index is 699. The molecule has 122 valence electrons. The third kappa shape index (κ3) is 3.76. The number of carbonyl (C=O) groups is 1. The van der Waals surface area contributed by atoms with Crippen molar-refractivity contribution >= 4 is 21.9 Å². The van der Waals surface area contributed by atoms with Crippen molar-refractivity contribution in [2.45, 2.75) is 6.61 Å². The Kier molecular flexibility index (Phi) is 5.87. The number of ether oxygens (including phenoxy) is 4. The third-order valence-electron chi connectivity index (χ3n) is 3.24. The van der Waals surface area contributed by atoms with E-state index < -0.39 is 5.97 Å². The maximum absolute atomic E-state index is 12.4. The van der Waals surface area contributed by atoms with Crippen molar-refractivity contribution in [1.29, 1.82) is 0 Å². The second kappa shape index (κ2) is 7.87. The van der Waals surface area contributed by atoms with Crippen LogP contribution in [-0.2, 0) is 11.3 Å². The summed E-state index contributed by atoms with van der Waals surface area (Å²) in [5.41, 5.74) is 1.15. The SMILES string of the molecule is COc1ccc(C(=O)OCc2ccccc2Br)c(OC)c1OC. The van der Waals surface area contributed by atoms with Crippen LogP contribution >= 0.6 is 15.9 Å². The van der Waals surface area contributed by atoms with Gasteiger partial charge in [0, 0.05) is 10.0 Å².